The average Bonchev–Trinajstić information content (AvgIpc) is 3.28. The normalized spacial score (nSPS) is 12.2. The first-order valence-corrected chi connectivity index (χ1v) is 27.5. The van der Waals surface area contributed by atoms with Crippen molar-refractivity contribution < 1.29 is 28.6 Å². The first-order valence-electron chi connectivity index (χ1n) is 27.5. The highest BCUT2D eigenvalue weighted by molar-refractivity contribution is 5.72. The first-order chi connectivity index (χ1) is 31.0. The standard InChI is InChI=1S/C57H104O6/c1-4-7-10-13-16-19-21-23-25-27-28-30-31-33-35-38-41-44-47-50-56(59)62-53-54(52-61-55(58)49-46-43-40-37-18-15-12-9-6-3)63-57(60)51-48-45-42-39-36-34-32-29-26-24-22-20-17-14-11-8-5-2/h9,12,18,37,43,46,54H,4-8,10-11,13-17,19-36,38-42,44-45,47-53H2,1-3H3/b12-9-,37-18-,46-43-. The van der Waals surface area contributed by atoms with Gasteiger partial charge in [-0.05, 0) is 32.1 Å². The monoisotopic (exact) mass is 885 g/mol. The summed E-state index contributed by atoms with van der Waals surface area (Å²) in [7, 11) is 0. The van der Waals surface area contributed by atoms with Gasteiger partial charge in [-0.25, -0.2) is 0 Å². The second-order valence-corrected chi connectivity index (χ2v) is 18.5. The molecule has 0 saturated carbocycles. The second-order valence-electron chi connectivity index (χ2n) is 18.5. The van der Waals surface area contributed by atoms with Crippen LogP contribution < -0.4 is 0 Å². The summed E-state index contributed by atoms with van der Waals surface area (Å²) in [6.07, 6.45) is 61.8. The third-order valence-corrected chi connectivity index (χ3v) is 12.2. The van der Waals surface area contributed by atoms with E-state index in [9.17, 15) is 14.4 Å². The van der Waals surface area contributed by atoms with Crippen LogP contribution in [0.3, 0.4) is 0 Å². The lowest BCUT2D eigenvalue weighted by atomic mass is 10.0. The van der Waals surface area contributed by atoms with Gasteiger partial charge in [-0.3, -0.25) is 14.4 Å². The zero-order valence-corrected chi connectivity index (χ0v) is 42.1. The molecule has 0 radical (unpaired) electrons. The minimum absolute atomic E-state index is 0.0941. The smallest absolute Gasteiger partial charge is 0.309 e. The molecule has 0 aromatic carbocycles. The van der Waals surface area contributed by atoms with Crippen LogP contribution in [-0.2, 0) is 28.6 Å². The van der Waals surface area contributed by atoms with Gasteiger partial charge < -0.3 is 14.2 Å². The molecule has 0 aromatic rings. The van der Waals surface area contributed by atoms with E-state index >= 15 is 0 Å². The van der Waals surface area contributed by atoms with Crippen LogP contribution >= 0.6 is 0 Å². The fourth-order valence-corrected chi connectivity index (χ4v) is 8.09. The number of allylic oxidation sites excluding steroid dienone is 5. The first kappa shape index (κ1) is 60.6. The molecule has 0 rings (SSSR count). The van der Waals surface area contributed by atoms with Crippen LogP contribution in [0.4, 0.5) is 0 Å². The predicted molar refractivity (Wildman–Crippen MR) is 270 cm³/mol. The number of ether oxygens (including phenoxy) is 3. The molecule has 63 heavy (non-hydrogen) atoms. The van der Waals surface area contributed by atoms with E-state index in [0.717, 1.165) is 57.8 Å². The molecule has 0 bridgehead atoms. The van der Waals surface area contributed by atoms with Crippen LogP contribution in [0.15, 0.2) is 36.5 Å². The Balaban J connectivity index is 4.26. The van der Waals surface area contributed by atoms with Crippen LogP contribution in [-0.4, -0.2) is 37.2 Å². The van der Waals surface area contributed by atoms with Gasteiger partial charge in [-0.15, -0.1) is 0 Å². The number of carbonyl (C=O) groups is 3. The Kier molecular flexibility index (Phi) is 50.3. The molecular formula is C57H104O6. The van der Waals surface area contributed by atoms with E-state index in [4.69, 9.17) is 14.2 Å². The van der Waals surface area contributed by atoms with Gasteiger partial charge in [-0.2, -0.15) is 0 Å². The van der Waals surface area contributed by atoms with Gasteiger partial charge in [0, 0.05) is 12.8 Å². The number of esters is 3. The van der Waals surface area contributed by atoms with E-state index < -0.39 is 12.1 Å². The van der Waals surface area contributed by atoms with Crippen LogP contribution in [0, 0.1) is 0 Å². The maximum Gasteiger partial charge on any atom is 0.309 e. The molecule has 0 saturated heterocycles. The van der Waals surface area contributed by atoms with E-state index in [1.807, 2.05) is 6.08 Å². The lowest BCUT2D eigenvalue weighted by Crippen LogP contribution is -2.30. The summed E-state index contributed by atoms with van der Waals surface area (Å²) in [6, 6.07) is 0. The van der Waals surface area contributed by atoms with E-state index in [2.05, 4.69) is 45.1 Å². The van der Waals surface area contributed by atoms with Crippen LogP contribution in [0.2, 0.25) is 0 Å². The second kappa shape index (κ2) is 52.3. The molecule has 0 spiro atoms. The zero-order chi connectivity index (χ0) is 45.8. The molecule has 6 heteroatoms. The fourth-order valence-electron chi connectivity index (χ4n) is 8.09. The Bertz CT molecular complexity index is 1060. The van der Waals surface area contributed by atoms with E-state index in [1.165, 1.54) is 193 Å². The van der Waals surface area contributed by atoms with Crippen molar-refractivity contribution in [1.29, 1.82) is 0 Å². The summed E-state index contributed by atoms with van der Waals surface area (Å²) in [5.41, 5.74) is 0. The van der Waals surface area contributed by atoms with Crippen molar-refractivity contribution in [2.75, 3.05) is 13.2 Å². The lowest BCUT2D eigenvalue weighted by molar-refractivity contribution is -0.166. The molecule has 0 fully saturated rings. The molecule has 0 aliphatic carbocycles. The number of unbranched alkanes of at least 4 members (excludes halogenated alkanes) is 34. The molecule has 1 atom stereocenters. The molecular weight excluding hydrogens is 781 g/mol. The van der Waals surface area contributed by atoms with Crippen molar-refractivity contribution in [3.8, 4) is 0 Å². The van der Waals surface area contributed by atoms with E-state index in [1.54, 1.807) is 6.08 Å². The van der Waals surface area contributed by atoms with Crippen molar-refractivity contribution in [1.82, 2.24) is 0 Å². The summed E-state index contributed by atoms with van der Waals surface area (Å²) >= 11 is 0. The molecule has 0 N–H and O–H groups in total. The quantitative estimate of drug-likeness (QED) is 0.0262. The average molecular weight is 885 g/mol. The Morgan fingerprint density at radius 3 is 0.968 bits per heavy atom. The van der Waals surface area contributed by atoms with E-state index in [0.29, 0.717) is 12.8 Å². The van der Waals surface area contributed by atoms with Crippen molar-refractivity contribution in [3.63, 3.8) is 0 Å². The molecule has 1 unspecified atom stereocenters. The molecule has 0 aliphatic rings. The third kappa shape index (κ3) is 50.5. The van der Waals surface area contributed by atoms with Crippen molar-refractivity contribution in [3.05, 3.63) is 36.5 Å². The zero-order valence-electron chi connectivity index (χ0n) is 42.1. The highest BCUT2D eigenvalue weighted by Gasteiger charge is 2.19. The molecule has 368 valence electrons. The minimum Gasteiger partial charge on any atom is -0.462 e. The lowest BCUT2D eigenvalue weighted by Gasteiger charge is -2.18. The summed E-state index contributed by atoms with van der Waals surface area (Å²) in [5, 5.41) is 0. The summed E-state index contributed by atoms with van der Waals surface area (Å²) in [4.78, 5) is 37.9. The highest BCUT2D eigenvalue weighted by Crippen LogP contribution is 2.17. The summed E-state index contributed by atoms with van der Waals surface area (Å²) in [6.45, 7) is 6.47. The van der Waals surface area contributed by atoms with Gasteiger partial charge in [0.2, 0.25) is 0 Å². The number of carbonyl (C=O) groups excluding carboxylic acids is 3. The summed E-state index contributed by atoms with van der Waals surface area (Å²) < 4.78 is 16.7. The number of hydrogen-bond donors (Lipinski definition) is 0. The number of hydrogen-bond acceptors (Lipinski definition) is 6. The number of rotatable bonds is 50. The predicted octanol–water partition coefficient (Wildman–Crippen LogP) is 18.1. The van der Waals surface area contributed by atoms with Gasteiger partial charge in [0.1, 0.15) is 13.2 Å². The maximum absolute atomic E-state index is 12.8. The maximum atomic E-state index is 12.8. The van der Waals surface area contributed by atoms with Crippen molar-refractivity contribution in [2.45, 2.75) is 297 Å². The van der Waals surface area contributed by atoms with Crippen molar-refractivity contribution in [2.24, 2.45) is 0 Å². The van der Waals surface area contributed by atoms with Crippen LogP contribution in [0.1, 0.15) is 290 Å². The molecule has 0 amide bonds. The molecule has 6 nitrogen and oxygen atoms in total. The highest BCUT2D eigenvalue weighted by atomic mass is 16.6. The molecule has 0 aromatic heterocycles. The van der Waals surface area contributed by atoms with E-state index in [-0.39, 0.29) is 31.6 Å². The minimum atomic E-state index is -0.801. The van der Waals surface area contributed by atoms with Gasteiger partial charge in [0.25, 0.3) is 0 Å². The largest absolute Gasteiger partial charge is 0.462 e. The SMILES string of the molecule is CC/C=C\C/C=C\C/C=C\CC(=O)OCC(COC(=O)CCCCCCCCCCCCCCCCCCCCC)OC(=O)CCCCCCCCCCCCCCCCCCC. The fraction of sp³-hybridized carbons (Fsp3) is 0.842. The Labute approximate surface area is 391 Å². The van der Waals surface area contributed by atoms with Crippen LogP contribution in [0.5, 0.6) is 0 Å². The topological polar surface area (TPSA) is 78.9 Å². The van der Waals surface area contributed by atoms with Gasteiger partial charge >= 0.3 is 17.9 Å². The van der Waals surface area contributed by atoms with Gasteiger partial charge in [-0.1, -0.05) is 276 Å². The molecule has 0 aliphatic heterocycles. The molecule has 0 heterocycles. The Morgan fingerprint density at radius 1 is 0.333 bits per heavy atom. The van der Waals surface area contributed by atoms with Gasteiger partial charge in [0.05, 0.1) is 6.42 Å². The van der Waals surface area contributed by atoms with Gasteiger partial charge in [0.15, 0.2) is 6.10 Å². The Morgan fingerprint density at radius 2 is 0.619 bits per heavy atom. The summed E-state index contributed by atoms with van der Waals surface area (Å²) in [5.74, 6) is -1.01. The Hall–Kier alpha value is -2.37. The van der Waals surface area contributed by atoms with Crippen LogP contribution in [0.25, 0.3) is 0 Å². The van der Waals surface area contributed by atoms with Crippen molar-refractivity contribution >= 4 is 17.9 Å². The third-order valence-electron chi connectivity index (χ3n) is 12.2.